The van der Waals surface area contributed by atoms with Gasteiger partial charge in [-0.15, -0.1) is 0 Å². The Kier molecular flexibility index (Phi) is 7.47. The molecule has 0 heterocycles. The maximum atomic E-state index is 5.81. The van der Waals surface area contributed by atoms with Gasteiger partial charge in [-0.2, -0.15) is 0 Å². The lowest BCUT2D eigenvalue weighted by atomic mass is 9.69. The molecule has 1 aliphatic rings. The van der Waals surface area contributed by atoms with Crippen LogP contribution in [0.1, 0.15) is 78.0 Å². The van der Waals surface area contributed by atoms with E-state index in [1.54, 1.807) is 0 Å². The minimum absolute atomic E-state index is 0.171. The van der Waals surface area contributed by atoms with Gasteiger partial charge in [0.05, 0.1) is 0 Å². The fourth-order valence-corrected chi connectivity index (χ4v) is 3.90. The fourth-order valence-electron chi connectivity index (χ4n) is 3.69. The number of benzene rings is 1. The van der Waals surface area contributed by atoms with Crippen molar-refractivity contribution >= 4 is 23.2 Å². The van der Waals surface area contributed by atoms with Gasteiger partial charge in [-0.1, -0.05) is 121 Å². The van der Waals surface area contributed by atoms with Crippen molar-refractivity contribution in [2.24, 2.45) is 22.7 Å². The van der Waals surface area contributed by atoms with Gasteiger partial charge in [0.1, 0.15) is 0 Å². The summed E-state index contributed by atoms with van der Waals surface area (Å²) in [7, 11) is 0. The van der Waals surface area contributed by atoms with Crippen LogP contribution in [0.5, 0.6) is 0 Å². The van der Waals surface area contributed by atoms with Gasteiger partial charge < -0.3 is 0 Å². The lowest BCUT2D eigenvalue weighted by molar-refractivity contribution is 0.200. The highest BCUT2D eigenvalue weighted by Crippen LogP contribution is 2.40. The highest BCUT2D eigenvalue weighted by Gasteiger charge is 2.30. The van der Waals surface area contributed by atoms with E-state index in [1.807, 2.05) is 0 Å². The van der Waals surface area contributed by atoms with Gasteiger partial charge in [0.15, 0.2) is 0 Å². The first-order chi connectivity index (χ1) is 13.4. The molecule has 2 rings (SSSR count). The number of fused-ring (bicyclic) bond motifs is 1. The van der Waals surface area contributed by atoms with Crippen LogP contribution in [0.3, 0.4) is 0 Å². The fraction of sp³-hybridized carbons (Fsp3) is 0.464. The molecule has 2 atom stereocenters. The quantitative estimate of drug-likeness (QED) is 0.200. The zero-order valence-electron chi connectivity index (χ0n) is 19.2. The van der Waals surface area contributed by atoms with Crippen molar-refractivity contribution in [3.8, 4) is 11.8 Å². The van der Waals surface area contributed by atoms with E-state index in [9.17, 15) is 0 Å². The Morgan fingerprint density at radius 2 is 1.90 bits per heavy atom. The molecule has 1 heteroatoms. The van der Waals surface area contributed by atoms with Crippen molar-refractivity contribution in [1.29, 1.82) is 0 Å². The van der Waals surface area contributed by atoms with Gasteiger partial charge in [-0.3, -0.25) is 0 Å². The summed E-state index contributed by atoms with van der Waals surface area (Å²) in [5, 5.41) is 0. The summed E-state index contributed by atoms with van der Waals surface area (Å²) >= 11 is 5.81. The van der Waals surface area contributed by atoms with Crippen LogP contribution in [-0.4, -0.2) is 4.86 Å². The van der Waals surface area contributed by atoms with Crippen LogP contribution in [0.2, 0.25) is 0 Å². The highest BCUT2D eigenvalue weighted by atomic mass is 32.1. The minimum atomic E-state index is 0.171. The van der Waals surface area contributed by atoms with Crippen molar-refractivity contribution in [2.75, 3.05) is 0 Å². The second-order valence-corrected chi connectivity index (χ2v) is 10.9. The maximum absolute atomic E-state index is 5.81. The van der Waals surface area contributed by atoms with Gasteiger partial charge in [0.25, 0.3) is 0 Å². The third kappa shape index (κ3) is 6.83. The van der Waals surface area contributed by atoms with E-state index in [0.29, 0.717) is 5.92 Å². The average Bonchev–Trinajstić information content (AvgIpc) is 2.86. The van der Waals surface area contributed by atoms with Gasteiger partial charge in [-0.05, 0) is 40.4 Å². The molecule has 0 nitrogen and oxygen atoms in total. The standard InChI is InChI=1S/C28H36S/c1-20(25(28(6,7)8)19-27(3,4)5)14-15-21(2)26(29)24-17-16-22-12-10-9-11-13-23(22)18-24/h10,12,14-18,21,25H,1,9,19H2,2-8H3/b15-14-. The summed E-state index contributed by atoms with van der Waals surface area (Å²) < 4.78 is 0. The number of hydrogen-bond donors (Lipinski definition) is 0. The molecule has 1 aliphatic carbocycles. The predicted octanol–water partition coefficient (Wildman–Crippen LogP) is 8.02. The Bertz CT molecular complexity index is 885. The Morgan fingerprint density at radius 1 is 1.21 bits per heavy atom. The summed E-state index contributed by atoms with van der Waals surface area (Å²) in [5.41, 5.74) is 4.98. The first-order valence-electron chi connectivity index (χ1n) is 10.6. The molecule has 0 N–H and O–H groups in total. The molecule has 2 unspecified atom stereocenters. The van der Waals surface area contributed by atoms with E-state index < -0.39 is 0 Å². The van der Waals surface area contributed by atoms with Crippen LogP contribution in [0, 0.1) is 34.5 Å². The molecule has 0 saturated carbocycles. The molecular weight excluding hydrogens is 368 g/mol. The molecule has 0 amide bonds. The first kappa shape index (κ1) is 23.4. The number of thiocarbonyl (C=S) groups is 1. The predicted molar refractivity (Wildman–Crippen MR) is 133 cm³/mol. The van der Waals surface area contributed by atoms with Gasteiger partial charge in [0, 0.05) is 22.8 Å². The number of hydrogen-bond acceptors (Lipinski definition) is 1. The molecule has 0 spiro atoms. The monoisotopic (exact) mass is 404 g/mol. The molecule has 0 aliphatic heterocycles. The molecular formula is C28H36S. The summed E-state index contributed by atoms with van der Waals surface area (Å²) in [6.07, 6.45) is 10.6. The van der Waals surface area contributed by atoms with Crippen molar-refractivity contribution in [3.05, 3.63) is 65.3 Å². The van der Waals surface area contributed by atoms with Gasteiger partial charge in [0.2, 0.25) is 0 Å². The molecule has 0 bridgehead atoms. The summed E-state index contributed by atoms with van der Waals surface area (Å²) in [4.78, 5) is 0.954. The van der Waals surface area contributed by atoms with E-state index in [1.165, 1.54) is 11.1 Å². The summed E-state index contributed by atoms with van der Waals surface area (Å²) in [5.74, 6) is 7.05. The zero-order valence-corrected chi connectivity index (χ0v) is 20.0. The van der Waals surface area contributed by atoms with Crippen LogP contribution < -0.4 is 0 Å². The Hall–Kier alpha value is -1.91. The number of allylic oxidation sites excluding steroid dienone is 4. The molecule has 0 radical (unpaired) electrons. The largest absolute Gasteiger partial charge is 0.0955 e. The van der Waals surface area contributed by atoms with Crippen molar-refractivity contribution < 1.29 is 0 Å². The Balaban J connectivity index is 2.16. The minimum Gasteiger partial charge on any atom is -0.0955 e. The van der Waals surface area contributed by atoms with E-state index in [0.717, 1.165) is 28.8 Å². The third-order valence-electron chi connectivity index (χ3n) is 5.40. The molecule has 29 heavy (non-hydrogen) atoms. The van der Waals surface area contributed by atoms with Crippen LogP contribution in [0.4, 0.5) is 0 Å². The Labute approximate surface area is 184 Å². The van der Waals surface area contributed by atoms with Crippen molar-refractivity contribution in [3.63, 3.8) is 0 Å². The van der Waals surface area contributed by atoms with Crippen LogP contribution in [-0.2, 0) is 0 Å². The lowest BCUT2D eigenvalue weighted by Gasteiger charge is -2.36. The second kappa shape index (κ2) is 9.27. The van der Waals surface area contributed by atoms with E-state index >= 15 is 0 Å². The first-order valence-corrected chi connectivity index (χ1v) is 11.0. The summed E-state index contributed by atoms with van der Waals surface area (Å²) in [6, 6.07) is 6.38. The van der Waals surface area contributed by atoms with Gasteiger partial charge in [-0.25, -0.2) is 0 Å². The molecule has 0 saturated heterocycles. The van der Waals surface area contributed by atoms with E-state index in [2.05, 4.69) is 109 Å². The van der Waals surface area contributed by atoms with E-state index in [4.69, 9.17) is 12.2 Å². The SMILES string of the molecule is C=C(/C=C\C(C)C(=S)c1ccc2c(c1)C#CCC=C2)C(CC(C)(C)C)C(C)(C)C. The summed E-state index contributed by atoms with van der Waals surface area (Å²) in [6.45, 7) is 20.4. The average molecular weight is 405 g/mol. The van der Waals surface area contributed by atoms with Crippen LogP contribution in [0.25, 0.3) is 6.08 Å². The van der Waals surface area contributed by atoms with Crippen LogP contribution in [0.15, 0.2) is 48.6 Å². The smallest absolute Gasteiger partial charge is 0.0324 e. The normalized spacial score (nSPS) is 15.8. The molecule has 154 valence electrons. The maximum Gasteiger partial charge on any atom is 0.0324 e. The van der Waals surface area contributed by atoms with Crippen molar-refractivity contribution in [2.45, 2.75) is 61.3 Å². The molecule has 1 aromatic carbocycles. The second-order valence-electron chi connectivity index (χ2n) is 10.5. The number of rotatable bonds is 6. The third-order valence-corrected chi connectivity index (χ3v) is 6.01. The van der Waals surface area contributed by atoms with E-state index in [-0.39, 0.29) is 16.7 Å². The highest BCUT2D eigenvalue weighted by molar-refractivity contribution is 7.80. The van der Waals surface area contributed by atoms with Crippen LogP contribution >= 0.6 is 12.2 Å². The Morgan fingerprint density at radius 3 is 2.52 bits per heavy atom. The molecule has 0 aromatic heterocycles. The topological polar surface area (TPSA) is 0 Å². The lowest BCUT2D eigenvalue weighted by Crippen LogP contribution is -2.26. The molecule has 1 aromatic rings. The van der Waals surface area contributed by atoms with Crippen molar-refractivity contribution in [1.82, 2.24) is 0 Å². The van der Waals surface area contributed by atoms with Gasteiger partial charge >= 0.3 is 0 Å². The molecule has 0 fully saturated rings. The zero-order chi connectivity index (χ0) is 21.8.